The standard InChI is InChI=1S/C18H20N4O3S.ClH/c19-18(9-3-10-18)17-21-16(25-22-17)8-11-20-26(23,24)15-7-6-13-4-1-2-5-14(13)12-15;/h1-2,4-7,12,20H,3,8-11,19H2;1H. The molecule has 0 radical (unpaired) electrons. The van der Waals surface area contributed by atoms with Gasteiger partial charge in [0.2, 0.25) is 15.9 Å². The second-order valence-electron chi connectivity index (χ2n) is 6.68. The molecule has 1 fully saturated rings. The molecule has 0 bridgehead atoms. The van der Waals surface area contributed by atoms with Gasteiger partial charge in [-0.1, -0.05) is 35.5 Å². The van der Waals surface area contributed by atoms with Crippen molar-refractivity contribution < 1.29 is 12.9 Å². The number of halogens is 1. The van der Waals surface area contributed by atoms with E-state index < -0.39 is 15.6 Å². The molecule has 1 aromatic heterocycles. The normalized spacial score (nSPS) is 15.9. The largest absolute Gasteiger partial charge is 0.339 e. The van der Waals surface area contributed by atoms with Gasteiger partial charge in [-0.2, -0.15) is 4.98 Å². The maximum absolute atomic E-state index is 12.5. The lowest BCUT2D eigenvalue weighted by Gasteiger charge is -2.34. The summed E-state index contributed by atoms with van der Waals surface area (Å²) in [6, 6.07) is 12.7. The van der Waals surface area contributed by atoms with Gasteiger partial charge < -0.3 is 10.3 Å². The number of benzene rings is 2. The second kappa shape index (κ2) is 7.55. The zero-order valence-electron chi connectivity index (χ0n) is 14.6. The minimum absolute atomic E-state index is 0. The average molecular weight is 409 g/mol. The summed E-state index contributed by atoms with van der Waals surface area (Å²) in [5.74, 6) is 0.897. The fraction of sp³-hybridized carbons (Fsp3) is 0.333. The van der Waals surface area contributed by atoms with E-state index in [0.717, 1.165) is 30.0 Å². The SMILES string of the molecule is Cl.NC1(c2noc(CCNS(=O)(=O)c3ccc4ccccc4c3)n2)CCC1. The summed E-state index contributed by atoms with van der Waals surface area (Å²) in [7, 11) is -3.60. The highest BCUT2D eigenvalue weighted by atomic mass is 35.5. The topological polar surface area (TPSA) is 111 Å². The summed E-state index contributed by atoms with van der Waals surface area (Å²) < 4.78 is 32.7. The van der Waals surface area contributed by atoms with Gasteiger partial charge in [0.15, 0.2) is 5.82 Å². The highest BCUT2D eigenvalue weighted by Gasteiger charge is 2.38. The van der Waals surface area contributed by atoms with Crippen LogP contribution in [0.25, 0.3) is 10.8 Å². The van der Waals surface area contributed by atoms with Crippen LogP contribution in [0.4, 0.5) is 0 Å². The molecular weight excluding hydrogens is 388 g/mol. The molecule has 1 aliphatic carbocycles. The van der Waals surface area contributed by atoms with Crippen molar-refractivity contribution >= 4 is 33.2 Å². The van der Waals surface area contributed by atoms with Crippen LogP contribution >= 0.6 is 12.4 Å². The Morgan fingerprint density at radius 3 is 2.59 bits per heavy atom. The van der Waals surface area contributed by atoms with Crippen LogP contribution in [0.2, 0.25) is 0 Å². The molecule has 1 heterocycles. The first kappa shape index (κ1) is 19.8. The maximum Gasteiger partial charge on any atom is 0.240 e. The molecule has 7 nitrogen and oxygen atoms in total. The summed E-state index contributed by atoms with van der Waals surface area (Å²) in [6.45, 7) is 0.175. The van der Waals surface area contributed by atoms with Crippen LogP contribution < -0.4 is 10.5 Å². The van der Waals surface area contributed by atoms with E-state index in [-0.39, 0.29) is 23.8 Å². The van der Waals surface area contributed by atoms with Crippen molar-refractivity contribution in [3.05, 3.63) is 54.2 Å². The average Bonchev–Trinajstić information content (AvgIpc) is 3.08. The van der Waals surface area contributed by atoms with Crippen molar-refractivity contribution in [1.82, 2.24) is 14.9 Å². The van der Waals surface area contributed by atoms with Crippen LogP contribution in [0.5, 0.6) is 0 Å². The fourth-order valence-corrected chi connectivity index (χ4v) is 4.12. The molecule has 9 heteroatoms. The summed E-state index contributed by atoms with van der Waals surface area (Å²) in [5.41, 5.74) is 5.68. The van der Waals surface area contributed by atoms with E-state index >= 15 is 0 Å². The predicted molar refractivity (Wildman–Crippen MR) is 104 cm³/mol. The Labute approximate surface area is 163 Å². The molecule has 0 aliphatic heterocycles. The molecule has 0 spiro atoms. The highest BCUT2D eigenvalue weighted by Crippen LogP contribution is 2.36. The number of nitrogens with zero attached hydrogens (tertiary/aromatic N) is 2. The number of aromatic nitrogens is 2. The predicted octanol–water partition coefficient (Wildman–Crippen LogP) is 2.50. The molecule has 4 rings (SSSR count). The number of rotatable bonds is 6. The molecule has 3 N–H and O–H groups in total. The molecule has 0 saturated heterocycles. The smallest absolute Gasteiger partial charge is 0.240 e. The zero-order chi connectivity index (χ0) is 18.2. The minimum Gasteiger partial charge on any atom is -0.339 e. The monoisotopic (exact) mass is 408 g/mol. The van der Waals surface area contributed by atoms with Gasteiger partial charge in [-0.15, -0.1) is 12.4 Å². The van der Waals surface area contributed by atoms with Crippen LogP contribution in [0.15, 0.2) is 51.9 Å². The molecule has 1 saturated carbocycles. The number of hydrogen-bond donors (Lipinski definition) is 2. The van der Waals surface area contributed by atoms with E-state index in [2.05, 4.69) is 14.9 Å². The molecule has 0 atom stereocenters. The highest BCUT2D eigenvalue weighted by molar-refractivity contribution is 7.89. The molecule has 2 aromatic carbocycles. The van der Waals surface area contributed by atoms with Gasteiger partial charge in [-0.05, 0) is 42.2 Å². The van der Waals surface area contributed by atoms with Crippen LogP contribution in [0.3, 0.4) is 0 Å². The van der Waals surface area contributed by atoms with Crippen molar-refractivity contribution in [1.29, 1.82) is 0 Å². The van der Waals surface area contributed by atoms with Crippen molar-refractivity contribution in [2.75, 3.05) is 6.54 Å². The van der Waals surface area contributed by atoms with Crippen LogP contribution in [0, 0.1) is 0 Å². The molecule has 0 amide bonds. The van der Waals surface area contributed by atoms with E-state index in [0.29, 0.717) is 18.1 Å². The summed E-state index contributed by atoms with van der Waals surface area (Å²) in [5, 5.41) is 5.81. The van der Waals surface area contributed by atoms with Gasteiger partial charge >= 0.3 is 0 Å². The molecule has 3 aromatic rings. The van der Waals surface area contributed by atoms with Crippen LogP contribution in [0.1, 0.15) is 31.0 Å². The third kappa shape index (κ3) is 3.98. The minimum atomic E-state index is -3.60. The first-order valence-electron chi connectivity index (χ1n) is 8.57. The second-order valence-corrected chi connectivity index (χ2v) is 8.45. The molecule has 27 heavy (non-hydrogen) atoms. The number of hydrogen-bond acceptors (Lipinski definition) is 6. The Balaban J connectivity index is 0.00000210. The Hall–Kier alpha value is -2.00. The quantitative estimate of drug-likeness (QED) is 0.648. The summed E-state index contributed by atoms with van der Waals surface area (Å²) in [4.78, 5) is 4.53. The van der Waals surface area contributed by atoms with Crippen molar-refractivity contribution in [2.24, 2.45) is 5.73 Å². The lowest BCUT2D eigenvalue weighted by Crippen LogP contribution is -2.44. The van der Waals surface area contributed by atoms with Gasteiger partial charge in [0.25, 0.3) is 0 Å². The van der Waals surface area contributed by atoms with Crippen molar-refractivity contribution in [3.63, 3.8) is 0 Å². The summed E-state index contributed by atoms with van der Waals surface area (Å²) in [6.07, 6.45) is 3.07. The molecule has 1 aliphatic rings. The van der Waals surface area contributed by atoms with E-state index in [1.54, 1.807) is 18.2 Å². The van der Waals surface area contributed by atoms with Gasteiger partial charge in [0, 0.05) is 13.0 Å². The Morgan fingerprint density at radius 2 is 1.89 bits per heavy atom. The molecular formula is C18H21ClN4O3S. The van der Waals surface area contributed by atoms with E-state index in [1.807, 2.05) is 24.3 Å². The van der Waals surface area contributed by atoms with Gasteiger partial charge in [0.1, 0.15) is 0 Å². The van der Waals surface area contributed by atoms with E-state index in [1.165, 1.54) is 0 Å². The maximum atomic E-state index is 12.5. The Kier molecular flexibility index (Phi) is 5.53. The van der Waals surface area contributed by atoms with Gasteiger partial charge in [-0.25, -0.2) is 13.1 Å². The van der Waals surface area contributed by atoms with E-state index in [4.69, 9.17) is 10.3 Å². The first-order chi connectivity index (χ1) is 12.5. The number of fused-ring (bicyclic) bond motifs is 1. The summed E-state index contributed by atoms with van der Waals surface area (Å²) >= 11 is 0. The lowest BCUT2D eigenvalue weighted by molar-refractivity contribution is 0.229. The van der Waals surface area contributed by atoms with Crippen molar-refractivity contribution in [2.45, 2.75) is 36.1 Å². The third-order valence-corrected chi connectivity index (χ3v) is 6.28. The molecule has 144 valence electrons. The van der Waals surface area contributed by atoms with Crippen molar-refractivity contribution in [3.8, 4) is 0 Å². The third-order valence-electron chi connectivity index (χ3n) is 4.82. The van der Waals surface area contributed by atoms with E-state index in [9.17, 15) is 8.42 Å². The number of nitrogens with one attached hydrogen (secondary N) is 1. The van der Waals surface area contributed by atoms with Gasteiger partial charge in [0.05, 0.1) is 10.4 Å². The first-order valence-corrected chi connectivity index (χ1v) is 10.1. The number of nitrogens with two attached hydrogens (primary N) is 1. The number of sulfonamides is 1. The fourth-order valence-electron chi connectivity index (χ4n) is 3.05. The zero-order valence-corrected chi connectivity index (χ0v) is 16.2. The Bertz CT molecular complexity index is 1050. The van der Waals surface area contributed by atoms with Crippen LogP contribution in [-0.2, 0) is 22.0 Å². The lowest BCUT2D eigenvalue weighted by atomic mass is 9.77. The Morgan fingerprint density at radius 1 is 1.15 bits per heavy atom. The molecule has 0 unspecified atom stereocenters. The van der Waals surface area contributed by atoms with Gasteiger partial charge in [-0.3, -0.25) is 0 Å². The van der Waals surface area contributed by atoms with Crippen LogP contribution in [-0.4, -0.2) is 25.1 Å².